The van der Waals surface area contributed by atoms with E-state index in [1.807, 2.05) is 27.2 Å². The van der Waals surface area contributed by atoms with Crippen molar-refractivity contribution in [3.05, 3.63) is 122 Å². The number of hydrogen-bond acceptors (Lipinski definition) is 5. The number of phosphoric ester groups is 1. The number of hydrogen-bond donors (Lipinski definition) is 3. The normalized spacial score (nSPS) is 14.9. The summed E-state index contributed by atoms with van der Waals surface area (Å²) in [6, 6.07) is -0.879. The lowest BCUT2D eigenvalue weighted by Crippen LogP contribution is -2.45. The third-order valence-electron chi connectivity index (χ3n) is 11.4. The molecule has 0 bridgehead atoms. The number of phosphoric acid groups is 1. The first-order chi connectivity index (χ1) is 33.5. The van der Waals surface area contributed by atoms with Gasteiger partial charge in [0.2, 0.25) is 5.91 Å². The van der Waals surface area contributed by atoms with Crippen LogP contribution in [-0.2, 0) is 18.4 Å². The molecule has 69 heavy (non-hydrogen) atoms. The molecule has 1 amide bonds. The molecule has 0 rings (SSSR count). The highest BCUT2D eigenvalue weighted by molar-refractivity contribution is 7.47. The molecule has 0 saturated heterocycles. The maximum atomic E-state index is 12.9. The summed E-state index contributed by atoms with van der Waals surface area (Å²) in [4.78, 5) is 23.2. The predicted octanol–water partition coefficient (Wildman–Crippen LogP) is 16.6. The monoisotopic (exact) mass is 980 g/mol. The van der Waals surface area contributed by atoms with Crippen LogP contribution in [0.4, 0.5) is 0 Å². The molecule has 0 aliphatic heterocycles. The fourth-order valence-corrected chi connectivity index (χ4v) is 7.85. The lowest BCUT2D eigenvalue weighted by Gasteiger charge is -2.25. The number of likely N-dealkylation sites (N-methyl/N-ethyl adjacent to an activating group) is 1. The molecule has 0 aliphatic rings. The second-order valence-corrected chi connectivity index (χ2v) is 20.7. The van der Waals surface area contributed by atoms with Crippen LogP contribution < -0.4 is 5.32 Å². The zero-order chi connectivity index (χ0) is 50.6. The van der Waals surface area contributed by atoms with E-state index in [1.165, 1.54) is 83.5 Å². The lowest BCUT2D eigenvalue weighted by molar-refractivity contribution is -0.870. The van der Waals surface area contributed by atoms with Crippen molar-refractivity contribution in [2.75, 3.05) is 40.9 Å². The summed E-state index contributed by atoms with van der Waals surface area (Å²) in [5.74, 6) is -0.201. The van der Waals surface area contributed by atoms with Crippen molar-refractivity contribution in [3.63, 3.8) is 0 Å². The third kappa shape index (κ3) is 52.6. The molecule has 3 N–H and O–H groups in total. The van der Waals surface area contributed by atoms with Crippen molar-refractivity contribution < 1.29 is 32.9 Å². The number of quaternary nitrogens is 1. The molecule has 3 atom stereocenters. The maximum absolute atomic E-state index is 12.9. The Kier molecular flexibility index (Phi) is 47.6. The molecular weight excluding hydrogens is 876 g/mol. The van der Waals surface area contributed by atoms with Gasteiger partial charge >= 0.3 is 7.82 Å². The summed E-state index contributed by atoms with van der Waals surface area (Å²) in [5, 5.41) is 13.8. The number of unbranched alkanes of at least 4 members (excludes halogenated alkanes) is 17. The number of carbonyl (C=O) groups excluding carboxylic acids is 1. The molecule has 0 heterocycles. The molecule has 0 aromatic rings. The van der Waals surface area contributed by atoms with Crippen LogP contribution in [0.25, 0.3) is 0 Å². The number of aliphatic hydroxyl groups excluding tert-OH is 1. The van der Waals surface area contributed by atoms with Crippen molar-refractivity contribution in [1.29, 1.82) is 0 Å². The van der Waals surface area contributed by atoms with Crippen LogP contribution >= 0.6 is 7.82 Å². The van der Waals surface area contributed by atoms with Gasteiger partial charge in [0.15, 0.2) is 0 Å². The second-order valence-electron chi connectivity index (χ2n) is 19.2. The summed E-state index contributed by atoms with van der Waals surface area (Å²) >= 11 is 0. The van der Waals surface area contributed by atoms with Gasteiger partial charge in [-0.05, 0) is 103 Å². The zero-order valence-electron chi connectivity index (χ0n) is 44.8. The van der Waals surface area contributed by atoms with Crippen LogP contribution in [0.5, 0.6) is 0 Å². The third-order valence-corrected chi connectivity index (χ3v) is 12.4. The number of nitrogens with one attached hydrogen (secondary N) is 1. The molecule has 0 radical (unpaired) electrons. The Morgan fingerprint density at radius 3 is 1.33 bits per heavy atom. The minimum Gasteiger partial charge on any atom is -0.387 e. The second kappa shape index (κ2) is 49.9. The van der Waals surface area contributed by atoms with Gasteiger partial charge in [-0.25, -0.2) is 4.57 Å². The Bertz CT molecular complexity index is 1530. The Hall–Kier alpha value is -3.10. The average molecular weight is 980 g/mol. The quantitative estimate of drug-likeness (QED) is 0.0243. The van der Waals surface area contributed by atoms with Gasteiger partial charge in [-0.1, -0.05) is 212 Å². The van der Waals surface area contributed by atoms with Gasteiger partial charge in [0, 0.05) is 6.42 Å². The van der Waals surface area contributed by atoms with Crippen molar-refractivity contribution >= 4 is 13.7 Å². The molecule has 394 valence electrons. The summed E-state index contributed by atoms with van der Waals surface area (Å²) in [7, 11) is 1.53. The van der Waals surface area contributed by atoms with E-state index in [0.29, 0.717) is 17.4 Å². The van der Waals surface area contributed by atoms with Gasteiger partial charge in [-0.2, -0.15) is 0 Å². The molecule has 0 aromatic heterocycles. The van der Waals surface area contributed by atoms with Crippen molar-refractivity contribution in [3.8, 4) is 0 Å². The Morgan fingerprint density at radius 2 is 0.884 bits per heavy atom. The molecule has 9 heteroatoms. The average Bonchev–Trinajstić information content (AvgIpc) is 3.31. The van der Waals surface area contributed by atoms with Gasteiger partial charge < -0.3 is 19.8 Å². The summed E-state index contributed by atoms with van der Waals surface area (Å²) in [5.41, 5.74) is 0. The Morgan fingerprint density at radius 1 is 0.507 bits per heavy atom. The van der Waals surface area contributed by atoms with Gasteiger partial charge in [0.1, 0.15) is 13.2 Å². The summed E-state index contributed by atoms with van der Waals surface area (Å²) < 4.78 is 23.6. The largest absolute Gasteiger partial charge is 0.472 e. The minimum absolute atomic E-state index is 0.0470. The molecular formula is C60H104N2O6P+. The van der Waals surface area contributed by atoms with Crippen LogP contribution in [0.3, 0.4) is 0 Å². The van der Waals surface area contributed by atoms with E-state index in [2.05, 4.69) is 129 Å². The van der Waals surface area contributed by atoms with Crippen LogP contribution in [0.15, 0.2) is 122 Å². The van der Waals surface area contributed by atoms with Crippen molar-refractivity contribution in [2.45, 2.75) is 212 Å². The first kappa shape index (κ1) is 65.9. The van der Waals surface area contributed by atoms with E-state index < -0.39 is 20.0 Å². The predicted molar refractivity (Wildman–Crippen MR) is 299 cm³/mol. The van der Waals surface area contributed by atoms with Gasteiger partial charge in [-0.15, -0.1) is 0 Å². The first-order valence-electron chi connectivity index (χ1n) is 27.4. The van der Waals surface area contributed by atoms with E-state index in [-0.39, 0.29) is 19.1 Å². The Labute approximate surface area is 424 Å². The molecule has 3 unspecified atom stereocenters. The fourth-order valence-electron chi connectivity index (χ4n) is 7.11. The van der Waals surface area contributed by atoms with Crippen molar-refractivity contribution in [1.82, 2.24) is 5.32 Å². The van der Waals surface area contributed by atoms with E-state index in [0.717, 1.165) is 96.3 Å². The van der Waals surface area contributed by atoms with Crippen LogP contribution in [0.2, 0.25) is 0 Å². The highest BCUT2D eigenvalue weighted by Gasteiger charge is 2.27. The van der Waals surface area contributed by atoms with E-state index in [9.17, 15) is 19.4 Å². The van der Waals surface area contributed by atoms with E-state index in [4.69, 9.17) is 9.05 Å². The van der Waals surface area contributed by atoms with Gasteiger partial charge in [0.25, 0.3) is 0 Å². The lowest BCUT2D eigenvalue weighted by atomic mass is 10.0. The molecule has 0 saturated carbocycles. The number of amides is 1. The standard InChI is InChI=1S/C60H103N2O6P/c1-6-8-10-12-14-16-18-20-22-23-24-25-26-27-28-29-30-31-32-33-34-35-36-37-38-39-40-42-44-46-48-50-52-54-60(64)61-58(57-68-69(65,66)67-56-55-62(3,4)5)59(63)53-51-49-47-45-43-41-21-19-17-15-13-11-9-7-2/h8,10,14,16-17,19-20,22,24-25,27-28,30-31,33-34,43,45,51,53,58-59,63H,6-7,9,11-13,15,18,21,23,26,29,32,35-42,44,46-50,52,54-57H2,1-5H3,(H-,61,64,65,66)/p+1/b10-8-,16-14-,19-17+,22-20-,25-24-,28-27-,31-30-,34-33-,45-43+,53-51+. The van der Waals surface area contributed by atoms with Crippen LogP contribution in [0.1, 0.15) is 200 Å². The highest BCUT2D eigenvalue weighted by atomic mass is 31.2. The number of rotatable bonds is 48. The highest BCUT2D eigenvalue weighted by Crippen LogP contribution is 2.43. The minimum atomic E-state index is -4.36. The van der Waals surface area contributed by atoms with Crippen LogP contribution in [0, 0.1) is 0 Å². The van der Waals surface area contributed by atoms with Crippen LogP contribution in [-0.4, -0.2) is 73.4 Å². The number of aliphatic hydroxyl groups is 1. The molecule has 0 aliphatic carbocycles. The number of allylic oxidation sites excluding steroid dienone is 19. The molecule has 0 fully saturated rings. The van der Waals surface area contributed by atoms with Gasteiger partial charge in [-0.3, -0.25) is 13.8 Å². The fraction of sp³-hybridized carbons (Fsp3) is 0.650. The van der Waals surface area contributed by atoms with Gasteiger partial charge in [0.05, 0.1) is 39.9 Å². The Balaban J connectivity index is 4.20. The topological polar surface area (TPSA) is 105 Å². The molecule has 0 aromatic carbocycles. The summed E-state index contributed by atoms with van der Waals surface area (Å²) in [6.45, 7) is 4.62. The first-order valence-corrected chi connectivity index (χ1v) is 28.9. The maximum Gasteiger partial charge on any atom is 0.472 e. The van der Waals surface area contributed by atoms with E-state index >= 15 is 0 Å². The number of carbonyl (C=O) groups is 1. The smallest absolute Gasteiger partial charge is 0.387 e. The summed E-state index contributed by atoms with van der Waals surface area (Å²) in [6.07, 6.45) is 74.4. The molecule has 8 nitrogen and oxygen atoms in total. The zero-order valence-corrected chi connectivity index (χ0v) is 45.6. The number of nitrogens with zero attached hydrogens (tertiary/aromatic N) is 1. The molecule has 0 spiro atoms. The van der Waals surface area contributed by atoms with Crippen molar-refractivity contribution in [2.24, 2.45) is 0 Å². The SMILES string of the molecule is CC/C=C\C/C=C\C/C=C\C/C=C\C/C=C\C/C=C\C/C=C\CCCCCCCCCCCCCC(=O)NC(COP(=O)(O)OCC[N+](C)(C)C)C(O)/C=C/CC/C=C/CC/C=C/CCCCCC. The van der Waals surface area contributed by atoms with E-state index in [1.54, 1.807) is 6.08 Å².